The number of rotatable bonds is 4. The lowest BCUT2D eigenvalue weighted by Crippen LogP contribution is -2.33. The van der Waals surface area contributed by atoms with Crippen LogP contribution in [0.25, 0.3) is 0 Å². The maximum absolute atomic E-state index is 12.8. The molecule has 0 aliphatic rings. The van der Waals surface area contributed by atoms with Gasteiger partial charge in [0.1, 0.15) is 6.54 Å². The van der Waals surface area contributed by atoms with Crippen LogP contribution < -0.4 is 0 Å². The van der Waals surface area contributed by atoms with E-state index >= 15 is 0 Å². The second-order valence-corrected chi connectivity index (χ2v) is 7.27. The fourth-order valence-corrected chi connectivity index (χ4v) is 4.01. The van der Waals surface area contributed by atoms with E-state index in [0.29, 0.717) is 0 Å². The van der Waals surface area contributed by atoms with Gasteiger partial charge >= 0.3 is 5.97 Å². The fraction of sp³-hybridized carbons (Fsp3) is 0.533. The Hall–Kier alpha value is -1.40. The Labute approximate surface area is 127 Å². The topological polar surface area (TPSA) is 63.7 Å². The third-order valence-electron chi connectivity index (χ3n) is 4.18. The largest absolute Gasteiger partial charge is 0.468 e. The lowest BCUT2D eigenvalue weighted by Gasteiger charge is -2.22. The van der Waals surface area contributed by atoms with E-state index in [1.165, 1.54) is 14.2 Å². The van der Waals surface area contributed by atoms with Gasteiger partial charge in [-0.3, -0.25) is 4.79 Å². The second kappa shape index (κ2) is 6.15. The Balaban J connectivity index is 3.49. The molecule has 1 aromatic carbocycles. The molecule has 0 radical (unpaired) electrons. The van der Waals surface area contributed by atoms with Gasteiger partial charge in [-0.05, 0) is 62.4 Å². The molecule has 0 spiro atoms. The number of methoxy groups -OCH3 is 1. The van der Waals surface area contributed by atoms with Crippen molar-refractivity contribution in [2.45, 2.75) is 39.5 Å². The van der Waals surface area contributed by atoms with Crippen molar-refractivity contribution in [3.63, 3.8) is 0 Å². The van der Waals surface area contributed by atoms with Crippen molar-refractivity contribution in [2.75, 3.05) is 20.7 Å². The summed E-state index contributed by atoms with van der Waals surface area (Å²) in [5.74, 6) is -0.586. The molecular formula is C15H23NO4S. The van der Waals surface area contributed by atoms with E-state index in [9.17, 15) is 13.2 Å². The van der Waals surface area contributed by atoms with Crippen molar-refractivity contribution in [3.05, 3.63) is 27.8 Å². The summed E-state index contributed by atoms with van der Waals surface area (Å²) in [5, 5.41) is 0. The zero-order valence-corrected chi connectivity index (χ0v) is 14.5. The van der Waals surface area contributed by atoms with Crippen LogP contribution in [-0.2, 0) is 19.6 Å². The molecule has 21 heavy (non-hydrogen) atoms. The summed E-state index contributed by atoms with van der Waals surface area (Å²) in [6.07, 6.45) is 0. The first-order valence-corrected chi connectivity index (χ1v) is 8.09. The Morgan fingerprint density at radius 2 is 1.33 bits per heavy atom. The summed E-state index contributed by atoms with van der Waals surface area (Å²) in [7, 11) is -1.11. The van der Waals surface area contributed by atoms with Crippen molar-refractivity contribution in [2.24, 2.45) is 0 Å². The van der Waals surface area contributed by atoms with E-state index in [1.807, 2.05) is 20.8 Å². The number of hydrogen-bond acceptors (Lipinski definition) is 4. The van der Waals surface area contributed by atoms with E-state index in [2.05, 4.69) is 4.74 Å². The summed E-state index contributed by atoms with van der Waals surface area (Å²) in [5.41, 5.74) is 4.48. The number of carbonyl (C=O) groups is 1. The lowest BCUT2D eigenvalue weighted by atomic mass is 9.95. The molecule has 0 fully saturated rings. The minimum atomic E-state index is -3.73. The molecule has 0 amide bonds. The zero-order valence-electron chi connectivity index (χ0n) is 13.7. The van der Waals surface area contributed by atoms with Gasteiger partial charge in [0.15, 0.2) is 0 Å². The number of hydrogen-bond donors (Lipinski definition) is 0. The van der Waals surface area contributed by atoms with E-state index in [4.69, 9.17) is 0 Å². The highest BCUT2D eigenvalue weighted by Crippen LogP contribution is 2.31. The third kappa shape index (κ3) is 3.11. The van der Waals surface area contributed by atoms with Crippen LogP contribution in [0.1, 0.15) is 27.8 Å². The first kappa shape index (κ1) is 17.7. The maximum Gasteiger partial charge on any atom is 0.321 e. The van der Waals surface area contributed by atoms with Crippen LogP contribution in [-0.4, -0.2) is 39.4 Å². The van der Waals surface area contributed by atoms with Gasteiger partial charge in [0.05, 0.1) is 12.0 Å². The number of ether oxygens (including phenoxy) is 1. The fourth-order valence-electron chi connectivity index (χ4n) is 2.34. The first-order valence-electron chi connectivity index (χ1n) is 6.65. The summed E-state index contributed by atoms with van der Waals surface area (Å²) in [6, 6.07) is 0. The van der Waals surface area contributed by atoms with Gasteiger partial charge in [0, 0.05) is 7.05 Å². The SMILES string of the molecule is COC(=O)CN(C)S(=O)(=O)c1c(C)c(C)c(C)c(C)c1C. The number of sulfonamides is 1. The van der Waals surface area contributed by atoms with Crippen molar-refractivity contribution in [3.8, 4) is 0 Å². The van der Waals surface area contributed by atoms with E-state index in [-0.39, 0.29) is 11.4 Å². The van der Waals surface area contributed by atoms with Crippen molar-refractivity contribution in [1.29, 1.82) is 0 Å². The summed E-state index contributed by atoms with van der Waals surface area (Å²) in [6.45, 7) is 9.11. The number of benzene rings is 1. The van der Waals surface area contributed by atoms with Crippen molar-refractivity contribution < 1.29 is 17.9 Å². The summed E-state index contributed by atoms with van der Waals surface area (Å²) >= 11 is 0. The standard InChI is InChI=1S/C15H23NO4S/c1-9-10(2)12(4)15(13(5)11(9)3)21(18,19)16(6)8-14(17)20-7/h8H2,1-7H3. The molecule has 0 unspecified atom stereocenters. The normalized spacial score (nSPS) is 11.8. The Kier molecular flexibility index (Phi) is 5.17. The monoisotopic (exact) mass is 313 g/mol. The van der Waals surface area contributed by atoms with Gasteiger partial charge in [-0.1, -0.05) is 0 Å². The lowest BCUT2D eigenvalue weighted by molar-refractivity contribution is -0.140. The molecule has 0 heterocycles. The molecule has 0 saturated carbocycles. The Morgan fingerprint density at radius 3 is 1.71 bits per heavy atom. The third-order valence-corrected chi connectivity index (χ3v) is 6.26. The van der Waals surface area contributed by atoms with Crippen LogP contribution in [0.4, 0.5) is 0 Å². The number of esters is 1. The Morgan fingerprint density at radius 1 is 0.952 bits per heavy atom. The van der Waals surface area contributed by atoms with Gasteiger partial charge in [0.2, 0.25) is 10.0 Å². The molecule has 0 aliphatic heterocycles. The first-order chi connectivity index (χ1) is 9.55. The van der Waals surface area contributed by atoms with E-state index in [0.717, 1.165) is 32.1 Å². The molecule has 0 N–H and O–H groups in total. The van der Waals surface area contributed by atoms with Crippen LogP contribution in [0.15, 0.2) is 4.90 Å². The number of carbonyl (C=O) groups excluding carboxylic acids is 1. The highest BCUT2D eigenvalue weighted by molar-refractivity contribution is 7.89. The molecular weight excluding hydrogens is 290 g/mol. The predicted octanol–water partition coefficient (Wildman–Crippen LogP) is 2.02. The van der Waals surface area contributed by atoms with E-state index < -0.39 is 16.0 Å². The van der Waals surface area contributed by atoms with Crippen molar-refractivity contribution >= 4 is 16.0 Å². The smallest absolute Gasteiger partial charge is 0.321 e. The second-order valence-electron chi connectivity index (χ2n) is 5.29. The minimum Gasteiger partial charge on any atom is -0.468 e. The van der Waals surface area contributed by atoms with Crippen molar-refractivity contribution in [1.82, 2.24) is 4.31 Å². The molecule has 0 atom stereocenters. The predicted molar refractivity (Wildman–Crippen MR) is 82.0 cm³/mol. The minimum absolute atomic E-state index is 0.287. The van der Waals surface area contributed by atoms with Gasteiger partial charge in [0.25, 0.3) is 0 Å². The maximum atomic E-state index is 12.8. The zero-order chi connectivity index (χ0) is 16.5. The molecule has 0 bridgehead atoms. The summed E-state index contributed by atoms with van der Waals surface area (Å²) < 4.78 is 31.1. The number of nitrogens with zero attached hydrogens (tertiary/aromatic N) is 1. The van der Waals surface area contributed by atoms with Crippen LogP contribution >= 0.6 is 0 Å². The molecule has 0 aromatic heterocycles. The number of likely N-dealkylation sites (N-methyl/N-ethyl adjacent to an activating group) is 1. The van der Waals surface area contributed by atoms with Crippen LogP contribution in [0.2, 0.25) is 0 Å². The van der Waals surface area contributed by atoms with Crippen LogP contribution in [0, 0.1) is 34.6 Å². The van der Waals surface area contributed by atoms with Gasteiger partial charge < -0.3 is 4.74 Å². The molecule has 1 rings (SSSR count). The molecule has 0 saturated heterocycles. The molecule has 118 valence electrons. The van der Waals surface area contributed by atoms with Gasteiger partial charge in [-0.15, -0.1) is 0 Å². The average Bonchev–Trinajstić information content (AvgIpc) is 2.42. The molecule has 6 heteroatoms. The average molecular weight is 313 g/mol. The van der Waals surface area contributed by atoms with Crippen LogP contribution in [0.5, 0.6) is 0 Å². The molecule has 5 nitrogen and oxygen atoms in total. The van der Waals surface area contributed by atoms with E-state index in [1.54, 1.807) is 13.8 Å². The molecule has 1 aromatic rings. The quantitative estimate of drug-likeness (QED) is 0.798. The van der Waals surface area contributed by atoms with Gasteiger partial charge in [-0.2, -0.15) is 4.31 Å². The Bertz CT molecular complexity index is 648. The highest BCUT2D eigenvalue weighted by Gasteiger charge is 2.28. The van der Waals surface area contributed by atoms with Crippen LogP contribution in [0.3, 0.4) is 0 Å². The molecule has 0 aliphatic carbocycles. The highest BCUT2D eigenvalue weighted by atomic mass is 32.2. The summed E-state index contributed by atoms with van der Waals surface area (Å²) in [4.78, 5) is 11.6. The van der Waals surface area contributed by atoms with Gasteiger partial charge in [-0.25, -0.2) is 8.42 Å².